The number of unbranched alkanes of at least 4 members (excludes halogenated alkanes) is 2. The van der Waals surface area contributed by atoms with E-state index in [1.807, 2.05) is 0 Å². The fourth-order valence-corrected chi connectivity index (χ4v) is 9.39. The molecule has 0 heterocycles. The van der Waals surface area contributed by atoms with Crippen LogP contribution in [0.15, 0.2) is 0 Å². The van der Waals surface area contributed by atoms with Crippen LogP contribution in [0.1, 0.15) is 81.1 Å². The standard InChI is InChI=1S/2C6H15Si.2C4H9.Sn/c2*1-4-7(5-2)6-3;2*1-3-4-2;/h2*4-6H2,1-3H3;2*1,3-4H2,2H3;/q2*-1;;;+2. The summed E-state index contributed by atoms with van der Waals surface area (Å²) in [5, 5.41) is 0. The molecule has 0 unspecified atom stereocenters. The van der Waals surface area contributed by atoms with Crippen LogP contribution in [-0.2, 0) is 0 Å². The van der Waals surface area contributed by atoms with Crippen molar-refractivity contribution in [2.45, 2.75) is 126 Å². The van der Waals surface area contributed by atoms with Gasteiger partial charge in [-0.3, -0.25) is 17.6 Å². The smallest absolute Gasteiger partial charge is 0.0954 e. The van der Waals surface area contributed by atoms with Crippen molar-refractivity contribution >= 4 is 38.7 Å². The summed E-state index contributed by atoms with van der Waals surface area (Å²) < 4.78 is 3.25. The molecule has 0 aromatic heterocycles. The Labute approximate surface area is 164 Å². The Hall–Kier alpha value is 1.23. The minimum Gasteiger partial charge on any atom is -0.261 e. The summed E-state index contributed by atoms with van der Waals surface area (Å²) >= 11 is 0.149. The van der Waals surface area contributed by atoms with Gasteiger partial charge in [0.15, 0.2) is 0 Å². The zero-order chi connectivity index (χ0) is 18.3. The maximum Gasteiger partial charge on any atom is -0.0954 e. The zero-order valence-electron chi connectivity index (χ0n) is 18.0. The Bertz CT molecular complexity index is 140. The molecule has 0 aromatic carbocycles. The minimum absolute atomic E-state index is 0.137. The third-order valence-corrected chi connectivity index (χ3v) is 14.5. The Morgan fingerprint density at radius 3 is 0.870 bits per heavy atom. The summed E-state index contributed by atoms with van der Waals surface area (Å²) in [4.78, 5) is 0. The van der Waals surface area contributed by atoms with Gasteiger partial charge in [-0.25, -0.2) is 0 Å². The van der Waals surface area contributed by atoms with Crippen LogP contribution in [-0.4, -0.2) is 38.7 Å². The summed E-state index contributed by atoms with van der Waals surface area (Å²) in [6.45, 7) is 18.4. The van der Waals surface area contributed by atoms with Gasteiger partial charge < -0.3 is 0 Å². The largest absolute Gasteiger partial charge is 0.261 e. The molecule has 23 heavy (non-hydrogen) atoms. The van der Waals surface area contributed by atoms with Crippen molar-refractivity contribution in [2.24, 2.45) is 0 Å². The van der Waals surface area contributed by atoms with E-state index in [9.17, 15) is 0 Å². The van der Waals surface area contributed by atoms with E-state index in [2.05, 4.69) is 55.4 Å². The van der Waals surface area contributed by atoms with Crippen molar-refractivity contribution in [3.8, 4) is 0 Å². The molecule has 140 valence electrons. The van der Waals surface area contributed by atoms with Crippen LogP contribution in [0.4, 0.5) is 0 Å². The van der Waals surface area contributed by atoms with Gasteiger partial charge >= 0.3 is 69.5 Å². The molecule has 0 saturated heterocycles. The molecule has 0 saturated carbocycles. The molecule has 3 heteroatoms. The van der Waals surface area contributed by atoms with Crippen LogP contribution in [0.2, 0.25) is 45.1 Å². The second kappa shape index (κ2) is 28.1. The van der Waals surface area contributed by atoms with Crippen molar-refractivity contribution in [1.29, 1.82) is 0 Å². The van der Waals surface area contributed by atoms with Crippen molar-refractivity contribution in [2.75, 3.05) is 0 Å². The maximum atomic E-state index is 2.31. The van der Waals surface area contributed by atoms with Gasteiger partial charge in [-0.15, -0.1) is 0 Å². The Morgan fingerprint density at radius 1 is 0.478 bits per heavy atom. The van der Waals surface area contributed by atoms with Gasteiger partial charge in [-0.05, 0) is 0 Å². The van der Waals surface area contributed by atoms with Gasteiger partial charge in [0, 0.05) is 0 Å². The molecule has 0 spiro atoms. The minimum atomic E-state index is 0.137. The van der Waals surface area contributed by atoms with E-state index in [1.165, 1.54) is 61.9 Å². The fourth-order valence-electron chi connectivity index (χ4n) is 2.23. The first-order valence-electron chi connectivity index (χ1n) is 10.5. The van der Waals surface area contributed by atoms with Crippen LogP contribution in [0, 0.1) is 0 Å². The van der Waals surface area contributed by atoms with Crippen LogP contribution in [0.3, 0.4) is 0 Å². The molecule has 0 atom stereocenters. The first-order valence-corrected chi connectivity index (χ1v) is 18.8. The quantitative estimate of drug-likeness (QED) is 0.202. The van der Waals surface area contributed by atoms with Gasteiger partial charge in [0.05, 0.1) is 0 Å². The van der Waals surface area contributed by atoms with Crippen LogP contribution < -0.4 is 0 Å². The first kappa shape index (κ1) is 29.0. The van der Waals surface area contributed by atoms with E-state index in [1.54, 1.807) is 8.87 Å². The summed E-state index contributed by atoms with van der Waals surface area (Å²) in [7, 11) is 0.275. The summed E-state index contributed by atoms with van der Waals surface area (Å²) in [6, 6.07) is 8.74. The third-order valence-electron chi connectivity index (χ3n) is 4.41. The zero-order valence-corrected chi connectivity index (χ0v) is 22.8. The fraction of sp³-hybridized carbons (Fsp3) is 1.00. The summed E-state index contributed by atoms with van der Waals surface area (Å²) in [5.41, 5.74) is 0. The summed E-state index contributed by atoms with van der Waals surface area (Å²) in [6.07, 6.45) is 5.84. The van der Waals surface area contributed by atoms with Gasteiger partial charge in [0.1, 0.15) is 0 Å². The normalized spacial score (nSPS) is 9.83. The molecule has 0 fully saturated rings. The van der Waals surface area contributed by atoms with E-state index in [4.69, 9.17) is 0 Å². The van der Waals surface area contributed by atoms with Crippen LogP contribution in [0.25, 0.3) is 0 Å². The van der Waals surface area contributed by atoms with E-state index in [0.29, 0.717) is 0 Å². The second-order valence-electron chi connectivity index (χ2n) is 6.08. The van der Waals surface area contributed by atoms with Gasteiger partial charge in [0.2, 0.25) is 0 Å². The van der Waals surface area contributed by atoms with Gasteiger partial charge in [0.25, 0.3) is 0 Å². The van der Waals surface area contributed by atoms with E-state index >= 15 is 0 Å². The predicted molar refractivity (Wildman–Crippen MR) is 120 cm³/mol. The molecule has 0 N–H and O–H groups in total. The number of hydrogen-bond acceptors (Lipinski definition) is 0. The topological polar surface area (TPSA) is 0 Å². The van der Waals surface area contributed by atoms with E-state index in [-0.39, 0.29) is 38.7 Å². The van der Waals surface area contributed by atoms with E-state index in [0.717, 1.165) is 0 Å². The van der Waals surface area contributed by atoms with Crippen molar-refractivity contribution in [1.82, 2.24) is 0 Å². The Kier molecular flexibility index (Phi) is 35.4. The Balaban J connectivity index is -0.000000264. The molecule has 0 amide bonds. The van der Waals surface area contributed by atoms with Gasteiger partial charge in [-0.1, -0.05) is 41.5 Å². The predicted octanol–water partition coefficient (Wildman–Crippen LogP) is 8.21. The Morgan fingerprint density at radius 2 is 0.739 bits per heavy atom. The molecule has 0 aliphatic heterocycles. The monoisotopic (exact) mass is 464 g/mol. The molecular weight excluding hydrogens is 415 g/mol. The first-order chi connectivity index (χ1) is 11.1. The molecule has 0 nitrogen and oxygen atoms in total. The second-order valence-corrected chi connectivity index (χ2v) is 17.6. The molecule has 0 aliphatic rings. The SMILES string of the molecule is CCC[CH2][Sn+2][CH2]CCC.CC[Si-](CC)CC.CC[Si-](CC)CC. The molecule has 0 aliphatic carbocycles. The van der Waals surface area contributed by atoms with Crippen molar-refractivity contribution < 1.29 is 0 Å². The van der Waals surface area contributed by atoms with Gasteiger partial charge in [-0.2, -0.15) is 36.3 Å². The third kappa shape index (κ3) is 28.3. The molecule has 0 rings (SSSR count). The summed E-state index contributed by atoms with van der Waals surface area (Å²) in [5.74, 6) is 0. The average Bonchev–Trinajstić information content (AvgIpc) is 2.59. The molecule has 0 aromatic rings. The number of hydrogen-bond donors (Lipinski definition) is 0. The molecular formula is C20H48Si2Sn. The van der Waals surface area contributed by atoms with Crippen molar-refractivity contribution in [3.05, 3.63) is 0 Å². The molecule has 0 bridgehead atoms. The maximum absolute atomic E-state index is 2.31. The van der Waals surface area contributed by atoms with E-state index < -0.39 is 0 Å². The van der Waals surface area contributed by atoms with Crippen molar-refractivity contribution in [3.63, 3.8) is 0 Å². The van der Waals surface area contributed by atoms with Crippen LogP contribution in [0.5, 0.6) is 0 Å². The van der Waals surface area contributed by atoms with Crippen LogP contribution >= 0.6 is 0 Å². The number of rotatable bonds is 12. The molecule has 0 radical (unpaired) electrons. The average molecular weight is 463 g/mol.